The van der Waals surface area contributed by atoms with Crippen LogP contribution in [0, 0.1) is 17.8 Å². The summed E-state index contributed by atoms with van der Waals surface area (Å²) >= 11 is 0. The number of benzene rings is 1. The van der Waals surface area contributed by atoms with Crippen LogP contribution in [0.5, 0.6) is 0 Å². The zero-order chi connectivity index (χ0) is 23.7. The van der Waals surface area contributed by atoms with Crippen molar-refractivity contribution in [1.29, 1.82) is 0 Å². The summed E-state index contributed by atoms with van der Waals surface area (Å²) in [5.41, 5.74) is 2.33. The van der Waals surface area contributed by atoms with E-state index in [0.29, 0.717) is 25.2 Å². The molecule has 0 heterocycles. The second-order valence-electron chi connectivity index (χ2n) is 10.1. The predicted molar refractivity (Wildman–Crippen MR) is 132 cm³/mol. The van der Waals surface area contributed by atoms with Gasteiger partial charge in [0.05, 0.1) is 0 Å². The Bertz CT molecular complexity index is 790. The molecule has 0 N–H and O–H groups in total. The number of Topliss-reactive ketones (excluding diaryl/α,β-unsaturated/α-hetero) is 1. The Morgan fingerprint density at radius 1 is 1.19 bits per heavy atom. The topological polar surface area (TPSA) is 43.4 Å². The zero-order valence-electron chi connectivity index (χ0n) is 20.7. The average molecular weight is 439 g/mol. The van der Waals surface area contributed by atoms with Crippen molar-refractivity contribution in [2.24, 2.45) is 17.8 Å². The molecule has 2 rings (SSSR count). The highest BCUT2D eigenvalue weighted by atomic mass is 16.5. The van der Waals surface area contributed by atoms with Crippen molar-refractivity contribution in [3.63, 3.8) is 0 Å². The van der Waals surface area contributed by atoms with Gasteiger partial charge in [0.1, 0.15) is 17.8 Å². The SMILES string of the molecule is C=CCC(C(=O)CC/C(C)=C/CC)C(=O)O[C@@H]1C[C@H](C)CC[C@H]1C(C)(C)c1ccccc1. The molecular formula is C29H42O3. The number of hydrogen-bond acceptors (Lipinski definition) is 3. The van der Waals surface area contributed by atoms with E-state index in [1.807, 2.05) is 13.0 Å². The van der Waals surface area contributed by atoms with E-state index in [1.54, 1.807) is 6.08 Å². The lowest BCUT2D eigenvalue weighted by Gasteiger charge is -2.44. The molecule has 0 saturated heterocycles. The number of esters is 1. The van der Waals surface area contributed by atoms with Crippen molar-refractivity contribution < 1.29 is 14.3 Å². The van der Waals surface area contributed by atoms with Crippen LogP contribution in [0.15, 0.2) is 54.6 Å². The number of ketones is 1. The van der Waals surface area contributed by atoms with Gasteiger partial charge < -0.3 is 4.74 Å². The second-order valence-corrected chi connectivity index (χ2v) is 10.1. The van der Waals surface area contributed by atoms with Gasteiger partial charge in [-0.3, -0.25) is 9.59 Å². The number of carbonyl (C=O) groups excluding carboxylic acids is 2. The van der Waals surface area contributed by atoms with E-state index in [4.69, 9.17) is 4.74 Å². The molecule has 0 radical (unpaired) electrons. The molecule has 176 valence electrons. The van der Waals surface area contributed by atoms with Crippen molar-refractivity contribution in [2.45, 2.75) is 91.1 Å². The van der Waals surface area contributed by atoms with Crippen LogP contribution in [0.2, 0.25) is 0 Å². The summed E-state index contributed by atoms with van der Waals surface area (Å²) < 4.78 is 6.15. The Balaban J connectivity index is 2.17. The van der Waals surface area contributed by atoms with Crippen LogP contribution in [-0.2, 0) is 19.7 Å². The second kappa shape index (κ2) is 12.2. The third-order valence-corrected chi connectivity index (χ3v) is 7.16. The monoisotopic (exact) mass is 438 g/mol. The maximum Gasteiger partial charge on any atom is 0.317 e. The molecule has 0 amide bonds. The third kappa shape index (κ3) is 6.92. The fourth-order valence-electron chi connectivity index (χ4n) is 5.07. The molecular weight excluding hydrogens is 396 g/mol. The molecule has 1 aliphatic rings. The van der Waals surface area contributed by atoms with Gasteiger partial charge in [0.2, 0.25) is 0 Å². The van der Waals surface area contributed by atoms with Crippen molar-refractivity contribution in [1.82, 2.24) is 0 Å². The molecule has 1 unspecified atom stereocenters. The van der Waals surface area contributed by atoms with E-state index in [-0.39, 0.29) is 29.2 Å². The van der Waals surface area contributed by atoms with E-state index >= 15 is 0 Å². The quantitative estimate of drug-likeness (QED) is 0.208. The molecule has 1 fully saturated rings. The molecule has 0 aliphatic heterocycles. The first-order valence-electron chi connectivity index (χ1n) is 12.3. The number of ether oxygens (including phenoxy) is 1. The van der Waals surface area contributed by atoms with Crippen LogP contribution in [0.4, 0.5) is 0 Å². The van der Waals surface area contributed by atoms with Crippen LogP contribution >= 0.6 is 0 Å². The Morgan fingerprint density at radius 3 is 2.50 bits per heavy atom. The fourth-order valence-corrected chi connectivity index (χ4v) is 5.07. The van der Waals surface area contributed by atoms with Gasteiger partial charge in [-0.15, -0.1) is 6.58 Å². The molecule has 3 nitrogen and oxygen atoms in total. The third-order valence-electron chi connectivity index (χ3n) is 7.16. The summed E-state index contributed by atoms with van der Waals surface area (Å²) in [5, 5.41) is 0. The Hall–Kier alpha value is -2.16. The Kier molecular flexibility index (Phi) is 9.93. The Labute approximate surface area is 195 Å². The lowest BCUT2D eigenvalue weighted by Crippen LogP contribution is -2.44. The average Bonchev–Trinajstić information content (AvgIpc) is 2.76. The van der Waals surface area contributed by atoms with Crippen molar-refractivity contribution in [3.05, 3.63) is 60.2 Å². The molecule has 1 aliphatic carbocycles. The van der Waals surface area contributed by atoms with Crippen molar-refractivity contribution in [2.75, 3.05) is 0 Å². The highest BCUT2D eigenvalue weighted by Crippen LogP contribution is 2.43. The normalized spacial score (nSPS) is 22.8. The van der Waals surface area contributed by atoms with Gasteiger partial charge in [0.15, 0.2) is 0 Å². The summed E-state index contributed by atoms with van der Waals surface area (Å²) in [7, 11) is 0. The predicted octanol–water partition coefficient (Wildman–Crippen LogP) is 7.21. The standard InChI is InChI=1S/C29H42O3/c1-7-12-21(3)17-19-26(30)24(13-8-2)28(31)32-27-20-22(4)16-18-25(27)29(5,6)23-14-10-9-11-15-23/h8-12,14-15,22,24-25,27H,2,7,13,16-20H2,1,3-6H3/b21-12+/t22-,24?,25-,27-/m1/s1. The Morgan fingerprint density at radius 2 is 1.88 bits per heavy atom. The molecule has 0 spiro atoms. The summed E-state index contributed by atoms with van der Waals surface area (Å²) in [6.07, 6.45) is 8.97. The van der Waals surface area contributed by atoms with Crippen molar-refractivity contribution in [3.8, 4) is 0 Å². The number of hydrogen-bond donors (Lipinski definition) is 0. The summed E-state index contributed by atoms with van der Waals surface area (Å²) in [4.78, 5) is 26.1. The summed E-state index contributed by atoms with van der Waals surface area (Å²) in [5.74, 6) is -0.439. The van der Waals surface area contributed by atoms with Gasteiger partial charge in [0.25, 0.3) is 0 Å². The molecule has 3 heteroatoms. The molecule has 1 aromatic carbocycles. The number of carbonyl (C=O) groups is 2. The maximum atomic E-state index is 13.2. The largest absolute Gasteiger partial charge is 0.461 e. The first kappa shape index (κ1) is 26.1. The van der Waals surface area contributed by atoms with Gasteiger partial charge in [0, 0.05) is 12.3 Å². The van der Waals surface area contributed by atoms with Gasteiger partial charge >= 0.3 is 5.97 Å². The van der Waals surface area contributed by atoms with Crippen molar-refractivity contribution >= 4 is 11.8 Å². The minimum atomic E-state index is -0.750. The van der Waals surface area contributed by atoms with Gasteiger partial charge in [-0.25, -0.2) is 0 Å². The molecule has 4 atom stereocenters. The van der Waals surface area contributed by atoms with Gasteiger partial charge in [-0.05, 0) is 55.9 Å². The minimum absolute atomic E-state index is 0.0403. The van der Waals surface area contributed by atoms with E-state index < -0.39 is 5.92 Å². The van der Waals surface area contributed by atoms with Crippen LogP contribution in [0.3, 0.4) is 0 Å². The zero-order valence-corrected chi connectivity index (χ0v) is 20.7. The molecule has 0 bridgehead atoms. The first-order valence-corrected chi connectivity index (χ1v) is 12.3. The van der Waals surface area contributed by atoms with Crippen LogP contribution in [-0.4, -0.2) is 17.9 Å². The molecule has 1 aromatic rings. The smallest absolute Gasteiger partial charge is 0.317 e. The van der Waals surface area contributed by atoms with E-state index in [2.05, 4.69) is 64.6 Å². The number of rotatable bonds is 11. The summed E-state index contributed by atoms with van der Waals surface area (Å²) in [6, 6.07) is 10.5. The van der Waals surface area contributed by atoms with E-state index in [1.165, 1.54) is 11.1 Å². The first-order chi connectivity index (χ1) is 15.2. The van der Waals surface area contributed by atoms with E-state index in [0.717, 1.165) is 25.7 Å². The summed E-state index contributed by atoms with van der Waals surface area (Å²) in [6.45, 7) is 14.6. The van der Waals surface area contributed by atoms with Crippen LogP contribution < -0.4 is 0 Å². The lowest BCUT2D eigenvalue weighted by atomic mass is 9.64. The highest BCUT2D eigenvalue weighted by Gasteiger charge is 2.43. The minimum Gasteiger partial charge on any atom is -0.461 e. The highest BCUT2D eigenvalue weighted by molar-refractivity contribution is 5.99. The number of allylic oxidation sites excluding steroid dienone is 3. The lowest BCUT2D eigenvalue weighted by molar-refractivity contribution is -0.163. The van der Waals surface area contributed by atoms with Crippen LogP contribution in [0.25, 0.3) is 0 Å². The van der Waals surface area contributed by atoms with E-state index in [9.17, 15) is 9.59 Å². The molecule has 1 saturated carbocycles. The van der Waals surface area contributed by atoms with Gasteiger partial charge in [-0.2, -0.15) is 0 Å². The molecule has 32 heavy (non-hydrogen) atoms. The van der Waals surface area contributed by atoms with Crippen LogP contribution in [0.1, 0.15) is 85.1 Å². The maximum absolute atomic E-state index is 13.2. The van der Waals surface area contributed by atoms with Gasteiger partial charge in [-0.1, -0.05) is 82.2 Å². The fraction of sp³-hybridized carbons (Fsp3) is 0.586. The molecule has 0 aromatic heterocycles.